The molecule has 0 bridgehead atoms. The van der Waals surface area contributed by atoms with Gasteiger partial charge in [0.25, 0.3) is 0 Å². The maximum Gasteiger partial charge on any atom is 0.221 e. The Bertz CT molecular complexity index is 596. The van der Waals surface area contributed by atoms with Crippen LogP contribution in [0.25, 0.3) is 11.3 Å². The first-order valence-electron chi connectivity index (χ1n) is 5.94. The minimum Gasteiger partial charge on any atom is -0.361 e. The zero-order chi connectivity index (χ0) is 13.8. The van der Waals surface area contributed by atoms with Crippen molar-refractivity contribution in [3.63, 3.8) is 0 Å². The molecule has 5 heteroatoms. The van der Waals surface area contributed by atoms with E-state index < -0.39 is 0 Å². The molecule has 0 aliphatic heterocycles. The largest absolute Gasteiger partial charge is 0.361 e. The molecule has 2 rings (SSSR count). The maximum absolute atomic E-state index is 11.1. The zero-order valence-electron chi connectivity index (χ0n) is 11.2. The van der Waals surface area contributed by atoms with Crippen LogP contribution in [0.4, 0.5) is 11.5 Å². The summed E-state index contributed by atoms with van der Waals surface area (Å²) >= 11 is 0. The van der Waals surface area contributed by atoms with Crippen LogP contribution < -0.4 is 10.2 Å². The second-order valence-corrected chi connectivity index (χ2v) is 4.38. The van der Waals surface area contributed by atoms with Crippen LogP contribution in [0.5, 0.6) is 0 Å². The number of aromatic nitrogens is 2. The zero-order valence-corrected chi connectivity index (χ0v) is 11.2. The lowest BCUT2D eigenvalue weighted by Gasteiger charge is -2.15. The Morgan fingerprint density at radius 2 is 1.95 bits per heavy atom. The van der Waals surface area contributed by atoms with Gasteiger partial charge in [-0.2, -0.15) is 0 Å². The lowest BCUT2D eigenvalue weighted by Crippen LogP contribution is -2.12. The third kappa shape index (κ3) is 3.07. The molecule has 19 heavy (non-hydrogen) atoms. The van der Waals surface area contributed by atoms with Crippen LogP contribution in [0.3, 0.4) is 0 Å². The first-order valence-corrected chi connectivity index (χ1v) is 5.94. The van der Waals surface area contributed by atoms with E-state index >= 15 is 0 Å². The van der Waals surface area contributed by atoms with Crippen LogP contribution in [0.15, 0.2) is 36.7 Å². The van der Waals surface area contributed by atoms with Crippen LogP contribution in [-0.2, 0) is 4.79 Å². The fourth-order valence-corrected chi connectivity index (χ4v) is 1.81. The number of amides is 1. The van der Waals surface area contributed by atoms with Gasteiger partial charge in [0.1, 0.15) is 5.69 Å². The van der Waals surface area contributed by atoms with Crippen molar-refractivity contribution in [2.45, 2.75) is 6.92 Å². The Morgan fingerprint density at radius 1 is 1.21 bits per heavy atom. The van der Waals surface area contributed by atoms with Crippen LogP contribution in [-0.4, -0.2) is 30.0 Å². The molecule has 0 radical (unpaired) electrons. The predicted molar refractivity (Wildman–Crippen MR) is 76.1 cm³/mol. The molecule has 1 aromatic heterocycles. The third-order valence-electron chi connectivity index (χ3n) is 2.56. The molecule has 0 spiro atoms. The van der Waals surface area contributed by atoms with Crippen molar-refractivity contribution in [3.05, 3.63) is 36.7 Å². The molecule has 0 atom stereocenters. The molecule has 1 aromatic carbocycles. The number of nitrogens with one attached hydrogen (secondary N) is 1. The molecule has 1 heterocycles. The Morgan fingerprint density at radius 3 is 2.63 bits per heavy atom. The minimum atomic E-state index is -0.0934. The first-order chi connectivity index (χ1) is 9.08. The van der Waals surface area contributed by atoms with Gasteiger partial charge >= 0.3 is 0 Å². The minimum absolute atomic E-state index is 0.0934. The number of anilines is 2. The Balaban J connectivity index is 2.44. The monoisotopic (exact) mass is 256 g/mol. The Labute approximate surface area is 112 Å². The molecule has 0 aliphatic rings. The molecular weight excluding hydrogens is 240 g/mol. The standard InChI is InChI=1S/C14H16N4O/c1-10(19)17-12-6-4-5-11(9-12)13-14(18(2)3)16-8-7-15-13/h4-9H,1-3H3,(H,17,19). The number of nitrogens with zero attached hydrogens (tertiary/aromatic N) is 3. The molecule has 0 unspecified atom stereocenters. The summed E-state index contributed by atoms with van der Waals surface area (Å²) in [6.07, 6.45) is 3.32. The van der Waals surface area contributed by atoms with Crippen molar-refractivity contribution in [1.29, 1.82) is 0 Å². The van der Waals surface area contributed by atoms with Crippen LogP contribution in [0, 0.1) is 0 Å². The molecule has 0 fully saturated rings. The molecule has 0 saturated heterocycles. The van der Waals surface area contributed by atoms with Gasteiger partial charge in [0.15, 0.2) is 5.82 Å². The summed E-state index contributed by atoms with van der Waals surface area (Å²) in [6, 6.07) is 7.56. The van der Waals surface area contributed by atoms with Crippen LogP contribution in [0.1, 0.15) is 6.92 Å². The topological polar surface area (TPSA) is 58.1 Å². The predicted octanol–water partition coefficient (Wildman–Crippen LogP) is 2.17. The number of hydrogen-bond donors (Lipinski definition) is 1. The van der Waals surface area contributed by atoms with E-state index in [0.717, 1.165) is 22.8 Å². The summed E-state index contributed by atoms with van der Waals surface area (Å²) in [5.74, 6) is 0.701. The van der Waals surface area contributed by atoms with E-state index in [2.05, 4.69) is 15.3 Å². The van der Waals surface area contributed by atoms with E-state index in [9.17, 15) is 4.79 Å². The number of carbonyl (C=O) groups is 1. The number of benzene rings is 1. The highest BCUT2D eigenvalue weighted by Crippen LogP contribution is 2.27. The van der Waals surface area contributed by atoms with Crippen molar-refractivity contribution < 1.29 is 4.79 Å². The fourth-order valence-electron chi connectivity index (χ4n) is 1.81. The number of hydrogen-bond acceptors (Lipinski definition) is 4. The Kier molecular flexibility index (Phi) is 3.75. The van der Waals surface area contributed by atoms with Crippen LogP contribution >= 0.6 is 0 Å². The summed E-state index contributed by atoms with van der Waals surface area (Å²) < 4.78 is 0. The summed E-state index contributed by atoms with van der Waals surface area (Å²) in [5.41, 5.74) is 2.46. The number of carbonyl (C=O) groups excluding carboxylic acids is 1. The quantitative estimate of drug-likeness (QED) is 0.914. The van der Waals surface area contributed by atoms with E-state index in [1.807, 2.05) is 43.3 Å². The van der Waals surface area contributed by atoms with Gasteiger partial charge in [0, 0.05) is 44.7 Å². The molecule has 0 aliphatic carbocycles. The van der Waals surface area contributed by atoms with Gasteiger partial charge in [0.2, 0.25) is 5.91 Å². The SMILES string of the molecule is CC(=O)Nc1cccc(-c2nccnc2N(C)C)c1. The van der Waals surface area contributed by atoms with Gasteiger partial charge in [-0.25, -0.2) is 4.98 Å². The normalized spacial score (nSPS) is 10.1. The van der Waals surface area contributed by atoms with Crippen molar-refractivity contribution in [2.24, 2.45) is 0 Å². The number of rotatable bonds is 3. The van der Waals surface area contributed by atoms with Gasteiger partial charge < -0.3 is 10.2 Å². The summed E-state index contributed by atoms with van der Waals surface area (Å²) in [4.78, 5) is 21.7. The summed E-state index contributed by atoms with van der Waals surface area (Å²) in [7, 11) is 3.84. The lowest BCUT2D eigenvalue weighted by atomic mass is 10.1. The third-order valence-corrected chi connectivity index (χ3v) is 2.56. The highest BCUT2D eigenvalue weighted by molar-refractivity contribution is 5.89. The average molecular weight is 256 g/mol. The molecule has 5 nitrogen and oxygen atoms in total. The summed E-state index contributed by atoms with van der Waals surface area (Å²) in [6.45, 7) is 1.49. The van der Waals surface area contributed by atoms with E-state index in [0.29, 0.717) is 0 Å². The second kappa shape index (κ2) is 5.48. The highest BCUT2D eigenvalue weighted by atomic mass is 16.1. The van der Waals surface area contributed by atoms with E-state index in [-0.39, 0.29) is 5.91 Å². The van der Waals surface area contributed by atoms with Gasteiger partial charge in [-0.1, -0.05) is 12.1 Å². The highest BCUT2D eigenvalue weighted by Gasteiger charge is 2.10. The van der Waals surface area contributed by atoms with Crippen molar-refractivity contribution >= 4 is 17.4 Å². The molecule has 0 saturated carbocycles. The maximum atomic E-state index is 11.1. The molecule has 98 valence electrons. The van der Waals surface area contributed by atoms with Gasteiger partial charge in [-0.3, -0.25) is 9.78 Å². The smallest absolute Gasteiger partial charge is 0.221 e. The molecular formula is C14H16N4O. The van der Waals surface area contributed by atoms with Crippen molar-refractivity contribution in [3.8, 4) is 11.3 Å². The van der Waals surface area contributed by atoms with E-state index in [1.54, 1.807) is 12.4 Å². The lowest BCUT2D eigenvalue weighted by molar-refractivity contribution is -0.114. The fraction of sp³-hybridized carbons (Fsp3) is 0.214. The van der Waals surface area contributed by atoms with Crippen molar-refractivity contribution in [2.75, 3.05) is 24.3 Å². The molecule has 1 amide bonds. The Hall–Kier alpha value is -2.43. The molecule has 1 N–H and O–H groups in total. The van der Waals surface area contributed by atoms with Crippen molar-refractivity contribution in [1.82, 2.24) is 9.97 Å². The second-order valence-electron chi connectivity index (χ2n) is 4.38. The summed E-state index contributed by atoms with van der Waals surface area (Å²) in [5, 5.41) is 2.76. The average Bonchev–Trinajstić information content (AvgIpc) is 2.38. The first kappa shape index (κ1) is 13.0. The van der Waals surface area contributed by atoms with E-state index in [1.165, 1.54) is 6.92 Å². The molecule has 2 aromatic rings. The van der Waals surface area contributed by atoms with Gasteiger partial charge in [-0.05, 0) is 12.1 Å². The van der Waals surface area contributed by atoms with Gasteiger partial charge in [-0.15, -0.1) is 0 Å². The van der Waals surface area contributed by atoms with Gasteiger partial charge in [0.05, 0.1) is 0 Å². The van der Waals surface area contributed by atoms with E-state index in [4.69, 9.17) is 0 Å². The van der Waals surface area contributed by atoms with Crippen LogP contribution in [0.2, 0.25) is 0 Å².